The number of halogens is 2. The summed E-state index contributed by atoms with van der Waals surface area (Å²) in [5.41, 5.74) is 2.71. The minimum Gasteiger partial charge on any atom is -0.371 e. The Balaban J connectivity index is 2.97. The topological polar surface area (TPSA) is 3.24 Å². The van der Waals surface area contributed by atoms with Crippen LogP contribution in [-0.4, -0.2) is 13.1 Å². The summed E-state index contributed by atoms with van der Waals surface area (Å²) in [5, 5.41) is 0.909. The molecule has 1 nitrogen and oxygen atoms in total. The fourth-order valence-corrected chi connectivity index (χ4v) is 2.67. The lowest BCUT2D eigenvalue weighted by atomic mass is 10.1. The minimum absolute atomic E-state index is 0.733. The monoisotopic (exact) mass is 361 g/mol. The standard InChI is InChI=1S/C14H21Br2N/c1-4-11(3)10-17(5-2)14-8-13(16)7-6-12(14)9-15/h6-8,11H,4-5,9-10H2,1-3H3. The van der Waals surface area contributed by atoms with E-state index in [1.807, 2.05) is 0 Å². The van der Waals surface area contributed by atoms with Gasteiger partial charge in [-0.25, -0.2) is 0 Å². The molecule has 3 heteroatoms. The normalized spacial score (nSPS) is 12.5. The van der Waals surface area contributed by atoms with E-state index in [0.717, 1.165) is 28.8 Å². The maximum Gasteiger partial charge on any atom is 0.0418 e. The molecule has 1 aromatic carbocycles. The van der Waals surface area contributed by atoms with Crippen molar-refractivity contribution in [1.29, 1.82) is 0 Å². The van der Waals surface area contributed by atoms with Crippen LogP contribution < -0.4 is 4.90 Å². The summed E-state index contributed by atoms with van der Waals surface area (Å²) in [5.74, 6) is 0.733. The summed E-state index contributed by atoms with van der Waals surface area (Å²) in [6.45, 7) is 8.98. The van der Waals surface area contributed by atoms with Crippen LogP contribution in [0.5, 0.6) is 0 Å². The zero-order valence-corrected chi connectivity index (χ0v) is 14.0. The minimum atomic E-state index is 0.733. The molecule has 0 saturated heterocycles. The van der Waals surface area contributed by atoms with Gasteiger partial charge >= 0.3 is 0 Å². The van der Waals surface area contributed by atoms with E-state index < -0.39 is 0 Å². The zero-order chi connectivity index (χ0) is 12.8. The molecule has 0 saturated carbocycles. The number of anilines is 1. The quantitative estimate of drug-likeness (QED) is 0.627. The van der Waals surface area contributed by atoms with Gasteiger partial charge in [0.15, 0.2) is 0 Å². The Morgan fingerprint density at radius 1 is 1.29 bits per heavy atom. The molecule has 0 spiro atoms. The van der Waals surface area contributed by atoms with E-state index in [9.17, 15) is 0 Å². The highest BCUT2D eigenvalue weighted by molar-refractivity contribution is 9.10. The lowest BCUT2D eigenvalue weighted by Crippen LogP contribution is -2.28. The smallest absolute Gasteiger partial charge is 0.0418 e. The molecule has 0 bridgehead atoms. The van der Waals surface area contributed by atoms with Crippen molar-refractivity contribution in [2.45, 2.75) is 32.5 Å². The maximum atomic E-state index is 3.57. The van der Waals surface area contributed by atoms with Gasteiger partial charge in [0.25, 0.3) is 0 Å². The van der Waals surface area contributed by atoms with Gasteiger partial charge in [0, 0.05) is 28.6 Å². The van der Waals surface area contributed by atoms with Crippen LogP contribution in [0.15, 0.2) is 22.7 Å². The lowest BCUT2D eigenvalue weighted by Gasteiger charge is -2.28. The van der Waals surface area contributed by atoms with Crippen molar-refractivity contribution in [1.82, 2.24) is 0 Å². The average Bonchev–Trinajstić information content (AvgIpc) is 2.35. The number of nitrogens with zero attached hydrogens (tertiary/aromatic N) is 1. The van der Waals surface area contributed by atoms with Crippen LogP contribution >= 0.6 is 31.9 Å². The summed E-state index contributed by atoms with van der Waals surface area (Å²) < 4.78 is 1.15. The summed E-state index contributed by atoms with van der Waals surface area (Å²) in [7, 11) is 0. The first kappa shape index (κ1) is 15.0. The van der Waals surface area contributed by atoms with Crippen molar-refractivity contribution >= 4 is 37.5 Å². The van der Waals surface area contributed by atoms with E-state index in [4.69, 9.17) is 0 Å². The highest BCUT2D eigenvalue weighted by Crippen LogP contribution is 2.27. The third-order valence-electron chi connectivity index (χ3n) is 3.14. The Morgan fingerprint density at radius 2 is 2.00 bits per heavy atom. The van der Waals surface area contributed by atoms with Gasteiger partial charge in [-0.1, -0.05) is 58.2 Å². The fraction of sp³-hybridized carbons (Fsp3) is 0.571. The summed E-state index contributed by atoms with van der Waals surface area (Å²) in [6.07, 6.45) is 1.23. The summed E-state index contributed by atoms with van der Waals surface area (Å²) >= 11 is 7.14. The third-order valence-corrected chi connectivity index (χ3v) is 4.24. The molecule has 0 aliphatic rings. The van der Waals surface area contributed by atoms with Gasteiger partial charge in [-0.2, -0.15) is 0 Å². The van der Waals surface area contributed by atoms with Crippen LogP contribution in [0.25, 0.3) is 0 Å². The van der Waals surface area contributed by atoms with Crippen LogP contribution in [0.1, 0.15) is 32.8 Å². The average molecular weight is 363 g/mol. The van der Waals surface area contributed by atoms with Crippen LogP contribution in [0.2, 0.25) is 0 Å². The molecular formula is C14H21Br2N. The van der Waals surface area contributed by atoms with Gasteiger partial charge < -0.3 is 4.90 Å². The third kappa shape index (κ3) is 4.29. The van der Waals surface area contributed by atoms with Gasteiger partial charge in [-0.05, 0) is 30.5 Å². The Bertz CT molecular complexity index is 352. The van der Waals surface area contributed by atoms with Gasteiger partial charge in [-0.15, -0.1) is 0 Å². The second-order valence-corrected chi connectivity index (χ2v) is 5.94. The summed E-state index contributed by atoms with van der Waals surface area (Å²) in [4.78, 5) is 2.47. The van der Waals surface area contributed by atoms with Gasteiger partial charge in [0.05, 0.1) is 0 Å². The van der Waals surface area contributed by atoms with E-state index in [-0.39, 0.29) is 0 Å². The Labute approximate surface area is 122 Å². The number of rotatable bonds is 6. The molecular weight excluding hydrogens is 342 g/mol. The van der Waals surface area contributed by atoms with E-state index in [1.54, 1.807) is 0 Å². The van der Waals surface area contributed by atoms with Gasteiger partial charge in [-0.3, -0.25) is 0 Å². The molecule has 0 amide bonds. The first-order valence-corrected chi connectivity index (χ1v) is 8.13. The number of alkyl halides is 1. The van der Waals surface area contributed by atoms with Crippen molar-refractivity contribution in [3.63, 3.8) is 0 Å². The molecule has 0 heterocycles. The molecule has 17 heavy (non-hydrogen) atoms. The molecule has 0 aliphatic heterocycles. The second-order valence-electron chi connectivity index (χ2n) is 4.46. The van der Waals surface area contributed by atoms with Crippen LogP contribution in [0.4, 0.5) is 5.69 Å². The Hall–Kier alpha value is -0.0200. The molecule has 0 N–H and O–H groups in total. The molecule has 0 aromatic heterocycles. The van der Waals surface area contributed by atoms with Crippen molar-refractivity contribution in [3.05, 3.63) is 28.2 Å². The largest absolute Gasteiger partial charge is 0.371 e. The van der Waals surface area contributed by atoms with Crippen molar-refractivity contribution in [2.75, 3.05) is 18.0 Å². The van der Waals surface area contributed by atoms with E-state index in [2.05, 4.69) is 75.7 Å². The number of benzene rings is 1. The highest BCUT2D eigenvalue weighted by atomic mass is 79.9. The fourth-order valence-electron chi connectivity index (χ4n) is 1.85. The molecule has 1 rings (SSSR count). The molecule has 0 radical (unpaired) electrons. The van der Waals surface area contributed by atoms with Crippen molar-refractivity contribution in [2.24, 2.45) is 5.92 Å². The van der Waals surface area contributed by atoms with Crippen LogP contribution in [0.3, 0.4) is 0 Å². The van der Waals surface area contributed by atoms with Crippen LogP contribution in [-0.2, 0) is 5.33 Å². The molecule has 0 aliphatic carbocycles. The molecule has 1 atom stereocenters. The summed E-state index contributed by atoms with van der Waals surface area (Å²) in [6, 6.07) is 6.52. The lowest BCUT2D eigenvalue weighted by molar-refractivity contribution is 0.547. The van der Waals surface area contributed by atoms with Crippen molar-refractivity contribution < 1.29 is 0 Å². The predicted octanol–water partition coefficient (Wildman–Crippen LogP) is 5.22. The Kier molecular flexibility index (Phi) is 6.57. The number of hydrogen-bond acceptors (Lipinski definition) is 1. The number of hydrogen-bond donors (Lipinski definition) is 0. The second kappa shape index (κ2) is 7.42. The van der Waals surface area contributed by atoms with Gasteiger partial charge in [0.2, 0.25) is 0 Å². The highest BCUT2D eigenvalue weighted by Gasteiger charge is 2.12. The first-order valence-electron chi connectivity index (χ1n) is 6.21. The Morgan fingerprint density at radius 3 is 2.53 bits per heavy atom. The van der Waals surface area contributed by atoms with Crippen LogP contribution in [0, 0.1) is 5.92 Å². The zero-order valence-electron chi connectivity index (χ0n) is 10.8. The molecule has 0 fully saturated rings. The molecule has 96 valence electrons. The SMILES string of the molecule is CCC(C)CN(CC)c1cc(Br)ccc1CBr. The van der Waals surface area contributed by atoms with E-state index in [0.29, 0.717) is 0 Å². The first-order chi connectivity index (χ1) is 8.12. The van der Waals surface area contributed by atoms with Gasteiger partial charge in [0.1, 0.15) is 0 Å². The molecule has 1 aromatic rings. The predicted molar refractivity (Wildman–Crippen MR) is 84.1 cm³/mol. The van der Waals surface area contributed by atoms with Crippen molar-refractivity contribution in [3.8, 4) is 0 Å². The molecule has 1 unspecified atom stereocenters. The maximum absolute atomic E-state index is 3.57. The van der Waals surface area contributed by atoms with E-state index in [1.165, 1.54) is 17.7 Å². The van der Waals surface area contributed by atoms with E-state index >= 15 is 0 Å².